The van der Waals surface area contributed by atoms with Crippen LogP contribution in [-0.4, -0.2) is 43.5 Å². The minimum Gasteiger partial charge on any atom is -0.461 e. The summed E-state index contributed by atoms with van der Waals surface area (Å²) in [5, 5.41) is 0. The third-order valence-electron chi connectivity index (χ3n) is 4.51. The molecule has 0 spiro atoms. The van der Waals surface area contributed by atoms with E-state index in [4.69, 9.17) is 18.8 Å². The minimum atomic E-state index is -1.05. The molecule has 0 unspecified atom stereocenters. The van der Waals surface area contributed by atoms with Crippen molar-refractivity contribution >= 4 is 19.1 Å². The Balaban J connectivity index is 1.96. The van der Waals surface area contributed by atoms with Crippen LogP contribution >= 0.6 is 0 Å². The van der Waals surface area contributed by atoms with Crippen LogP contribution < -0.4 is 0 Å². The van der Waals surface area contributed by atoms with Crippen molar-refractivity contribution in [1.82, 2.24) is 0 Å². The minimum absolute atomic E-state index is 0.253. The average Bonchev–Trinajstić information content (AvgIpc) is 3.13. The molecular weight excluding hydrogens is 323 g/mol. The van der Waals surface area contributed by atoms with Crippen LogP contribution in [0.15, 0.2) is 0 Å². The molecule has 1 saturated heterocycles. The Morgan fingerprint density at radius 3 is 1.96 bits per heavy atom. The number of hydrogen-bond donors (Lipinski definition) is 0. The quantitative estimate of drug-likeness (QED) is 0.360. The number of esters is 2. The van der Waals surface area contributed by atoms with Crippen molar-refractivity contribution in [3.63, 3.8) is 0 Å². The summed E-state index contributed by atoms with van der Waals surface area (Å²) in [5.74, 6) is -0.320. The molecule has 25 heavy (non-hydrogen) atoms. The van der Waals surface area contributed by atoms with Crippen molar-refractivity contribution in [2.75, 3.05) is 0 Å². The molecule has 2 aliphatic rings. The van der Waals surface area contributed by atoms with E-state index in [1.54, 1.807) is 27.7 Å². The predicted octanol–water partition coefficient (Wildman–Crippen LogP) is 3.13. The molecule has 1 saturated carbocycles. The van der Waals surface area contributed by atoms with Crippen LogP contribution in [0, 0.1) is 5.92 Å². The smallest absolute Gasteiger partial charge is 0.461 e. The molecule has 7 heteroatoms. The molecule has 0 aromatic carbocycles. The highest BCUT2D eigenvalue weighted by atomic mass is 16.7. The molecule has 0 amide bonds. The van der Waals surface area contributed by atoms with Gasteiger partial charge in [-0.05, 0) is 45.9 Å². The van der Waals surface area contributed by atoms with E-state index in [9.17, 15) is 9.59 Å². The van der Waals surface area contributed by atoms with Crippen LogP contribution in [0.2, 0.25) is 5.82 Å². The van der Waals surface area contributed by atoms with Gasteiger partial charge in [0.25, 0.3) is 0 Å². The first-order valence-electron chi connectivity index (χ1n) is 9.55. The Hall–Kier alpha value is -1.08. The first kappa shape index (κ1) is 20.2. The number of carbonyl (C=O) groups is 2. The summed E-state index contributed by atoms with van der Waals surface area (Å²) in [6.07, 6.45) is 3.13. The standard InChI is InChI=1S/C18H31BO6/c1-6-7-8-9-13-10-14(13)19-24-15(17(20)22-11(2)3)16(25-19)18(21)23-12(4)5/h11-16H,6-10H2,1-5H3/t13-,14-,15-,16-/m1/s1. The maximum absolute atomic E-state index is 12.3. The molecule has 1 heterocycles. The summed E-state index contributed by atoms with van der Waals surface area (Å²) in [6, 6.07) is 0. The number of unbranched alkanes of at least 4 members (excludes halogenated alkanes) is 2. The molecule has 142 valence electrons. The highest BCUT2D eigenvalue weighted by Gasteiger charge is 2.58. The lowest BCUT2D eigenvalue weighted by atomic mass is 9.80. The Bertz CT molecular complexity index is 436. The van der Waals surface area contributed by atoms with Crippen LogP contribution in [0.3, 0.4) is 0 Å². The van der Waals surface area contributed by atoms with Crippen molar-refractivity contribution in [1.29, 1.82) is 0 Å². The molecule has 4 atom stereocenters. The van der Waals surface area contributed by atoms with Crippen molar-refractivity contribution in [2.45, 2.75) is 97.0 Å². The maximum Gasteiger partial charge on any atom is 0.461 e. The molecule has 6 nitrogen and oxygen atoms in total. The van der Waals surface area contributed by atoms with Gasteiger partial charge in [-0.3, -0.25) is 0 Å². The van der Waals surface area contributed by atoms with Gasteiger partial charge in [0.2, 0.25) is 0 Å². The molecule has 0 aromatic rings. The Kier molecular flexibility index (Phi) is 7.31. The van der Waals surface area contributed by atoms with Gasteiger partial charge in [0.15, 0.2) is 12.2 Å². The second-order valence-electron chi connectivity index (χ2n) is 7.61. The lowest BCUT2D eigenvalue weighted by molar-refractivity contribution is -0.167. The van der Waals surface area contributed by atoms with E-state index in [0.29, 0.717) is 5.92 Å². The Morgan fingerprint density at radius 2 is 1.52 bits per heavy atom. The van der Waals surface area contributed by atoms with E-state index in [0.717, 1.165) is 12.8 Å². The first-order chi connectivity index (χ1) is 11.8. The fraction of sp³-hybridized carbons (Fsp3) is 0.889. The van der Waals surface area contributed by atoms with E-state index in [1.165, 1.54) is 19.3 Å². The predicted molar refractivity (Wildman–Crippen MR) is 94.0 cm³/mol. The summed E-state index contributed by atoms with van der Waals surface area (Å²) in [5.41, 5.74) is 0. The summed E-state index contributed by atoms with van der Waals surface area (Å²) in [7, 11) is -0.527. The molecule has 0 bridgehead atoms. The first-order valence-corrected chi connectivity index (χ1v) is 9.55. The fourth-order valence-electron chi connectivity index (χ4n) is 3.22. The molecule has 2 rings (SSSR count). The zero-order valence-corrected chi connectivity index (χ0v) is 16.0. The SMILES string of the molecule is CCCCC[C@@H]1C[C@H]1B1O[C@@H](C(=O)OC(C)C)[C@H](C(=O)OC(C)C)O1. The average molecular weight is 354 g/mol. The van der Waals surface area contributed by atoms with Gasteiger partial charge in [-0.2, -0.15) is 0 Å². The zero-order valence-electron chi connectivity index (χ0n) is 16.0. The molecule has 0 N–H and O–H groups in total. The second kappa shape index (κ2) is 9.03. The molecule has 2 fully saturated rings. The molecule has 1 aliphatic heterocycles. The summed E-state index contributed by atoms with van der Waals surface area (Å²) in [6.45, 7) is 9.23. The van der Waals surface area contributed by atoms with E-state index >= 15 is 0 Å². The van der Waals surface area contributed by atoms with E-state index in [1.807, 2.05) is 0 Å². The van der Waals surface area contributed by atoms with Gasteiger partial charge in [-0.1, -0.05) is 32.6 Å². The van der Waals surface area contributed by atoms with Crippen molar-refractivity contribution in [3.8, 4) is 0 Å². The third kappa shape index (κ3) is 5.71. The number of carbonyl (C=O) groups excluding carboxylic acids is 2. The second-order valence-corrected chi connectivity index (χ2v) is 7.61. The van der Waals surface area contributed by atoms with Crippen LogP contribution in [0.4, 0.5) is 0 Å². The Morgan fingerprint density at radius 1 is 1.00 bits per heavy atom. The van der Waals surface area contributed by atoms with E-state index < -0.39 is 31.3 Å². The lowest BCUT2D eigenvalue weighted by Gasteiger charge is -2.18. The summed E-state index contributed by atoms with van der Waals surface area (Å²) in [4.78, 5) is 24.6. The molecule has 0 aromatic heterocycles. The number of hydrogen-bond acceptors (Lipinski definition) is 6. The van der Waals surface area contributed by atoms with Gasteiger partial charge < -0.3 is 18.8 Å². The monoisotopic (exact) mass is 354 g/mol. The van der Waals surface area contributed by atoms with Crippen LogP contribution in [0.25, 0.3) is 0 Å². The van der Waals surface area contributed by atoms with Gasteiger partial charge in [-0.25, -0.2) is 9.59 Å². The van der Waals surface area contributed by atoms with Gasteiger partial charge in [0, 0.05) is 0 Å². The lowest BCUT2D eigenvalue weighted by Crippen LogP contribution is -2.40. The van der Waals surface area contributed by atoms with Crippen molar-refractivity contribution in [2.24, 2.45) is 5.92 Å². The van der Waals surface area contributed by atoms with Gasteiger partial charge in [0.05, 0.1) is 12.2 Å². The highest BCUT2D eigenvalue weighted by molar-refractivity contribution is 6.49. The van der Waals surface area contributed by atoms with Gasteiger partial charge in [0.1, 0.15) is 0 Å². The van der Waals surface area contributed by atoms with E-state index in [2.05, 4.69) is 6.92 Å². The van der Waals surface area contributed by atoms with Gasteiger partial charge in [-0.15, -0.1) is 0 Å². The van der Waals surface area contributed by atoms with Crippen molar-refractivity contribution < 1.29 is 28.4 Å². The normalized spacial score (nSPS) is 28.5. The summed E-state index contributed by atoms with van der Waals surface area (Å²) >= 11 is 0. The summed E-state index contributed by atoms with van der Waals surface area (Å²) < 4.78 is 22.0. The topological polar surface area (TPSA) is 71.1 Å². The highest BCUT2D eigenvalue weighted by Crippen LogP contribution is 2.52. The Labute approximate surface area is 151 Å². The van der Waals surface area contributed by atoms with Crippen LogP contribution in [0.1, 0.15) is 66.7 Å². The third-order valence-corrected chi connectivity index (χ3v) is 4.51. The maximum atomic E-state index is 12.3. The largest absolute Gasteiger partial charge is 0.461 e. The van der Waals surface area contributed by atoms with Crippen LogP contribution in [-0.2, 0) is 28.4 Å². The number of ether oxygens (including phenoxy) is 2. The molecular formula is C18H31BO6. The van der Waals surface area contributed by atoms with Crippen LogP contribution in [0.5, 0.6) is 0 Å². The van der Waals surface area contributed by atoms with E-state index in [-0.39, 0.29) is 18.0 Å². The number of rotatable bonds is 9. The zero-order chi connectivity index (χ0) is 18.6. The van der Waals surface area contributed by atoms with Gasteiger partial charge >= 0.3 is 19.1 Å². The fourth-order valence-corrected chi connectivity index (χ4v) is 3.22. The molecule has 0 radical (unpaired) electrons. The molecule has 1 aliphatic carbocycles. The van der Waals surface area contributed by atoms with Crippen molar-refractivity contribution in [3.05, 3.63) is 0 Å².